The van der Waals surface area contributed by atoms with Gasteiger partial charge >= 0.3 is 0 Å². The summed E-state index contributed by atoms with van der Waals surface area (Å²) in [5.74, 6) is -0.539. The molecule has 0 fully saturated rings. The van der Waals surface area contributed by atoms with E-state index in [-0.39, 0.29) is 0 Å². The van der Waals surface area contributed by atoms with Gasteiger partial charge in [-0.2, -0.15) is 0 Å². The predicted molar refractivity (Wildman–Crippen MR) is 99.0 cm³/mol. The number of benzene rings is 2. The van der Waals surface area contributed by atoms with E-state index < -0.39 is 5.91 Å². The average Bonchev–Trinajstić information content (AvgIpc) is 3.07. The van der Waals surface area contributed by atoms with Crippen LogP contribution >= 0.6 is 0 Å². The first-order valence-corrected chi connectivity index (χ1v) is 8.22. The van der Waals surface area contributed by atoms with Crippen LogP contribution in [0.3, 0.4) is 0 Å². The van der Waals surface area contributed by atoms with Gasteiger partial charge in [0.05, 0.1) is 0 Å². The molecule has 25 heavy (non-hydrogen) atoms. The Morgan fingerprint density at radius 2 is 1.88 bits per heavy atom. The molecular weight excluding hydrogens is 314 g/mol. The fourth-order valence-electron chi connectivity index (χ4n) is 2.72. The monoisotopic (exact) mass is 335 g/mol. The Morgan fingerprint density at radius 1 is 1.08 bits per heavy atom. The van der Waals surface area contributed by atoms with Crippen molar-refractivity contribution in [2.24, 2.45) is 0 Å². The van der Waals surface area contributed by atoms with Crippen LogP contribution in [-0.2, 0) is 17.9 Å². The van der Waals surface area contributed by atoms with Gasteiger partial charge < -0.3 is 9.88 Å². The molecule has 0 radical (unpaired) electrons. The van der Waals surface area contributed by atoms with Gasteiger partial charge in [-0.05, 0) is 34.7 Å². The molecule has 5 nitrogen and oxygen atoms in total. The van der Waals surface area contributed by atoms with Crippen LogP contribution in [0.4, 0.5) is 0 Å². The zero-order valence-corrected chi connectivity index (χ0v) is 13.9. The van der Waals surface area contributed by atoms with Crippen molar-refractivity contribution in [2.45, 2.75) is 13.1 Å². The highest BCUT2D eigenvalue weighted by atomic mass is 16.5. The highest BCUT2D eigenvalue weighted by Gasteiger charge is 1.99. The van der Waals surface area contributed by atoms with Crippen molar-refractivity contribution in [3.8, 4) is 0 Å². The Labute approximate surface area is 146 Å². The zero-order chi connectivity index (χ0) is 17.5. The standard InChI is InChI=1S/C20H21N3O2/c24-20(22-25)10-9-16-5-7-17(8-6-16)15-21-12-14-23-13-11-18-3-1-2-4-19(18)23/h1-11,13,21,25H,12,14-15H2,(H,22,24). The summed E-state index contributed by atoms with van der Waals surface area (Å²) in [6.45, 7) is 2.60. The molecule has 0 bridgehead atoms. The molecule has 1 heterocycles. The van der Waals surface area contributed by atoms with Crippen LogP contribution in [0.2, 0.25) is 0 Å². The van der Waals surface area contributed by atoms with Gasteiger partial charge in [0.25, 0.3) is 5.91 Å². The number of hydrogen-bond donors (Lipinski definition) is 3. The van der Waals surface area contributed by atoms with Crippen LogP contribution in [-0.4, -0.2) is 22.2 Å². The lowest BCUT2D eigenvalue weighted by Gasteiger charge is -2.08. The molecule has 1 amide bonds. The summed E-state index contributed by atoms with van der Waals surface area (Å²) in [5.41, 5.74) is 4.91. The third kappa shape index (κ3) is 4.56. The second kappa shape index (κ2) is 8.28. The maximum absolute atomic E-state index is 10.9. The molecule has 0 spiro atoms. The summed E-state index contributed by atoms with van der Waals surface area (Å²) in [6, 6.07) is 18.4. The zero-order valence-electron chi connectivity index (χ0n) is 13.9. The van der Waals surface area contributed by atoms with Crippen LogP contribution < -0.4 is 10.8 Å². The lowest BCUT2D eigenvalue weighted by atomic mass is 10.1. The van der Waals surface area contributed by atoms with Gasteiger partial charge in [-0.25, -0.2) is 5.48 Å². The largest absolute Gasteiger partial charge is 0.346 e. The van der Waals surface area contributed by atoms with E-state index in [1.807, 2.05) is 24.3 Å². The number of para-hydroxylation sites is 1. The number of nitrogens with zero attached hydrogens (tertiary/aromatic N) is 1. The Kier molecular flexibility index (Phi) is 5.61. The van der Waals surface area contributed by atoms with Crippen molar-refractivity contribution in [1.82, 2.24) is 15.4 Å². The van der Waals surface area contributed by atoms with Gasteiger partial charge in [0.2, 0.25) is 0 Å². The minimum absolute atomic E-state index is 0.539. The molecule has 1 aromatic heterocycles. The van der Waals surface area contributed by atoms with E-state index in [0.717, 1.165) is 25.2 Å². The number of aromatic nitrogens is 1. The maximum Gasteiger partial charge on any atom is 0.267 e. The molecule has 2 aromatic carbocycles. The van der Waals surface area contributed by atoms with Crippen LogP contribution in [0.25, 0.3) is 17.0 Å². The Balaban J connectivity index is 1.47. The highest BCUT2D eigenvalue weighted by molar-refractivity contribution is 5.90. The predicted octanol–water partition coefficient (Wildman–Crippen LogP) is 2.95. The van der Waals surface area contributed by atoms with E-state index in [1.165, 1.54) is 22.5 Å². The van der Waals surface area contributed by atoms with Gasteiger partial charge in [0, 0.05) is 37.4 Å². The van der Waals surface area contributed by atoms with Gasteiger partial charge in [-0.1, -0.05) is 42.5 Å². The number of nitrogens with one attached hydrogen (secondary N) is 2. The van der Waals surface area contributed by atoms with Crippen LogP contribution in [0.1, 0.15) is 11.1 Å². The first-order valence-electron chi connectivity index (χ1n) is 8.22. The van der Waals surface area contributed by atoms with Crippen molar-refractivity contribution in [3.63, 3.8) is 0 Å². The highest BCUT2D eigenvalue weighted by Crippen LogP contribution is 2.14. The normalized spacial score (nSPS) is 11.2. The Hall–Kier alpha value is -2.89. The number of rotatable bonds is 7. The number of fused-ring (bicyclic) bond motifs is 1. The molecule has 0 aliphatic heterocycles. The molecule has 128 valence electrons. The summed E-state index contributed by atoms with van der Waals surface area (Å²) in [7, 11) is 0. The van der Waals surface area contributed by atoms with Crippen molar-refractivity contribution in [3.05, 3.63) is 78.0 Å². The quantitative estimate of drug-likeness (QED) is 0.269. The molecule has 3 N–H and O–H groups in total. The number of hydrogen-bond acceptors (Lipinski definition) is 3. The lowest BCUT2D eigenvalue weighted by molar-refractivity contribution is -0.124. The van der Waals surface area contributed by atoms with Crippen molar-refractivity contribution < 1.29 is 10.0 Å². The van der Waals surface area contributed by atoms with E-state index in [0.29, 0.717) is 0 Å². The Morgan fingerprint density at radius 3 is 2.68 bits per heavy atom. The van der Waals surface area contributed by atoms with Crippen LogP contribution in [0.5, 0.6) is 0 Å². The van der Waals surface area contributed by atoms with Crippen LogP contribution in [0, 0.1) is 0 Å². The van der Waals surface area contributed by atoms with Gasteiger partial charge in [0.15, 0.2) is 0 Å². The van der Waals surface area contributed by atoms with E-state index in [1.54, 1.807) is 11.6 Å². The van der Waals surface area contributed by atoms with Crippen LogP contribution in [0.15, 0.2) is 66.9 Å². The van der Waals surface area contributed by atoms with Crippen molar-refractivity contribution in [1.29, 1.82) is 0 Å². The Bertz CT molecular complexity index is 866. The fourth-order valence-corrected chi connectivity index (χ4v) is 2.72. The molecule has 0 aliphatic rings. The number of hydroxylamine groups is 1. The summed E-state index contributed by atoms with van der Waals surface area (Å²) >= 11 is 0. The first kappa shape index (κ1) is 17.0. The van der Waals surface area contributed by atoms with E-state index in [4.69, 9.17) is 5.21 Å². The number of carbonyl (C=O) groups is 1. The molecule has 0 atom stereocenters. The SMILES string of the molecule is O=C(C=Cc1ccc(CNCCn2ccc3ccccc32)cc1)NO. The molecular formula is C20H21N3O2. The van der Waals surface area contributed by atoms with Gasteiger partial charge in [0.1, 0.15) is 0 Å². The lowest BCUT2D eigenvalue weighted by Crippen LogP contribution is -2.19. The summed E-state index contributed by atoms with van der Waals surface area (Å²) < 4.78 is 2.25. The number of carbonyl (C=O) groups excluding carboxylic acids is 1. The fraction of sp³-hybridized carbons (Fsp3) is 0.150. The van der Waals surface area contributed by atoms with Crippen molar-refractivity contribution >= 4 is 22.9 Å². The third-order valence-corrected chi connectivity index (χ3v) is 4.06. The maximum atomic E-state index is 10.9. The van der Waals surface area contributed by atoms with Crippen molar-refractivity contribution in [2.75, 3.05) is 6.54 Å². The average molecular weight is 335 g/mol. The minimum Gasteiger partial charge on any atom is -0.346 e. The third-order valence-electron chi connectivity index (χ3n) is 4.06. The first-order chi connectivity index (χ1) is 12.3. The molecule has 3 rings (SSSR count). The summed E-state index contributed by atoms with van der Waals surface area (Å²) in [6.07, 6.45) is 5.06. The van der Waals surface area contributed by atoms with E-state index >= 15 is 0 Å². The molecule has 5 heteroatoms. The molecule has 0 aliphatic carbocycles. The topological polar surface area (TPSA) is 66.3 Å². The van der Waals surface area contributed by atoms with Gasteiger partial charge in [-0.3, -0.25) is 10.0 Å². The smallest absolute Gasteiger partial charge is 0.267 e. The van der Waals surface area contributed by atoms with Gasteiger partial charge in [-0.15, -0.1) is 0 Å². The molecule has 3 aromatic rings. The second-order valence-electron chi connectivity index (χ2n) is 5.80. The number of amides is 1. The minimum atomic E-state index is -0.539. The molecule has 0 saturated heterocycles. The molecule has 0 saturated carbocycles. The summed E-state index contributed by atoms with van der Waals surface area (Å²) in [4.78, 5) is 10.9. The molecule has 0 unspecified atom stereocenters. The van der Waals surface area contributed by atoms with E-state index in [9.17, 15) is 4.79 Å². The summed E-state index contributed by atoms with van der Waals surface area (Å²) in [5, 5.41) is 13.2. The van der Waals surface area contributed by atoms with E-state index in [2.05, 4.69) is 46.4 Å². The second-order valence-corrected chi connectivity index (χ2v) is 5.80.